The maximum atomic E-state index is 4.79. The Kier molecular flexibility index (Phi) is 5.49. The Labute approximate surface area is 121 Å². The molecule has 0 saturated carbocycles. The van der Waals surface area contributed by atoms with E-state index in [1.807, 2.05) is 11.8 Å². The van der Waals surface area contributed by atoms with E-state index in [-0.39, 0.29) is 0 Å². The fraction of sp³-hybridized carbons (Fsp3) is 0.733. The summed E-state index contributed by atoms with van der Waals surface area (Å²) in [4.78, 5) is 9.53. The van der Waals surface area contributed by atoms with Gasteiger partial charge < -0.3 is 5.32 Å². The highest BCUT2D eigenvalue weighted by Gasteiger charge is 2.20. The first-order valence-corrected chi connectivity index (χ1v) is 8.50. The van der Waals surface area contributed by atoms with Crippen LogP contribution in [0, 0.1) is 0 Å². The number of rotatable bonds is 5. The third-order valence-electron chi connectivity index (χ3n) is 3.38. The van der Waals surface area contributed by atoms with Gasteiger partial charge in [-0.2, -0.15) is 11.8 Å². The van der Waals surface area contributed by atoms with Crippen LogP contribution < -0.4 is 5.32 Å². The zero-order valence-electron chi connectivity index (χ0n) is 12.3. The van der Waals surface area contributed by atoms with Crippen molar-refractivity contribution in [2.45, 2.75) is 57.6 Å². The molecule has 2 rings (SSSR count). The van der Waals surface area contributed by atoms with Crippen molar-refractivity contribution >= 4 is 17.6 Å². The molecule has 1 aliphatic rings. The molecule has 1 atom stereocenters. The molecule has 1 aromatic heterocycles. The van der Waals surface area contributed by atoms with Crippen LogP contribution in [0.3, 0.4) is 0 Å². The fourth-order valence-corrected chi connectivity index (χ4v) is 3.46. The molecule has 0 radical (unpaired) electrons. The zero-order valence-corrected chi connectivity index (χ0v) is 13.1. The highest BCUT2D eigenvalue weighted by Crippen LogP contribution is 2.37. The third kappa shape index (κ3) is 4.10. The number of hydrogen-bond donors (Lipinski definition) is 1. The second-order valence-electron chi connectivity index (χ2n) is 5.47. The average molecular weight is 279 g/mol. The summed E-state index contributed by atoms with van der Waals surface area (Å²) in [5.74, 6) is 3.74. The van der Waals surface area contributed by atoms with E-state index < -0.39 is 0 Å². The van der Waals surface area contributed by atoms with Gasteiger partial charge in [0, 0.05) is 18.3 Å². The van der Waals surface area contributed by atoms with Crippen LogP contribution in [-0.4, -0.2) is 22.3 Å². The minimum absolute atomic E-state index is 0.456. The van der Waals surface area contributed by atoms with Crippen LogP contribution in [0.25, 0.3) is 0 Å². The van der Waals surface area contributed by atoms with Crippen molar-refractivity contribution in [1.82, 2.24) is 9.97 Å². The first kappa shape index (κ1) is 14.6. The summed E-state index contributed by atoms with van der Waals surface area (Å²) in [6, 6.07) is 2.11. The molecule has 0 aromatic carbocycles. The maximum Gasteiger partial charge on any atom is 0.143 e. The topological polar surface area (TPSA) is 37.8 Å². The first-order chi connectivity index (χ1) is 9.20. The van der Waals surface area contributed by atoms with Gasteiger partial charge in [-0.1, -0.05) is 27.2 Å². The maximum absolute atomic E-state index is 4.79. The van der Waals surface area contributed by atoms with Gasteiger partial charge in [0.1, 0.15) is 11.6 Å². The van der Waals surface area contributed by atoms with Gasteiger partial charge >= 0.3 is 0 Å². The number of nitrogens with zero attached hydrogens (tertiary/aromatic N) is 2. The second-order valence-corrected chi connectivity index (χ2v) is 6.78. The number of anilines is 1. The molecule has 4 heteroatoms. The van der Waals surface area contributed by atoms with Crippen molar-refractivity contribution in [2.75, 3.05) is 17.6 Å². The molecule has 1 saturated heterocycles. The molecule has 0 amide bonds. The van der Waals surface area contributed by atoms with Gasteiger partial charge in [-0.05, 0) is 30.9 Å². The van der Waals surface area contributed by atoms with Crippen LogP contribution in [0.5, 0.6) is 0 Å². The largest absolute Gasteiger partial charge is 0.370 e. The number of thioether (sulfide) groups is 1. The van der Waals surface area contributed by atoms with Crippen LogP contribution in [0.15, 0.2) is 6.07 Å². The summed E-state index contributed by atoms with van der Waals surface area (Å²) in [6.07, 6.45) is 4.99. The van der Waals surface area contributed by atoms with Crippen LogP contribution in [0.4, 0.5) is 5.82 Å². The van der Waals surface area contributed by atoms with E-state index in [9.17, 15) is 0 Å². The molecule has 2 heterocycles. The lowest BCUT2D eigenvalue weighted by Crippen LogP contribution is -2.12. The van der Waals surface area contributed by atoms with E-state index in [0.29, 0.717) is 11.2 Å². The second kappa shape index (κ2) is 7.13. The molecule has 1 unspecified atom stereocenters. The van der Waals surface area contributed by atoms with Crippen molar-refractivity contribution in [1.29, 1.82) is 0 Å². The molecule has 1 aromatic rings. The minimum atomic E-state index is 0.456. The van der Waals surface area contributed by atoms with Crippen molar-refractivity contribution in [2.24, 2.45) is 0 Å². The van der Waals surface area contributed by atoms with Crippen LogP contribution in [0.2, 0.25) is 0 Å². The number of nitrogens with one attached hydrogen (secondary N) is 1. The van der Waals surface area contributed by atoms with Gasteiger partial charge in [0.05, 0.1) is 5.25 Å². The summed E-state index contributed by atoms with van der Waals surface area (Å²) in [6.45, 7) is 7.55. The van der Waals surface area contributed by atoms with E-state index in [1.54, 1.807) is 0 Å². The minimum Gasteiger partial charge on any atom is -0.370 e. The SMILES string of the molecule is CCCNc1cc(C(C)C)nc(C2CCCCS2)n1. The molecule has 0 bridgehead atoms. The van der Waals surface area contributed by atoms with E-state index in [4.69, 9.17) is 9.97 Å². The smallest absolute Gasteiger partial charge is 0.143 e. The summed E-state index contributed by atoms with van der Waals surface area (Å²) < 4.78 is 0. The quantitative estimate of drug-likeness (QED) is 0.868. The summed E-state index contributed by atoms with van der Waals surface area (Å²) in [5.41, 5.74) is 1.16. The summed E-state index contributed by atoms with van der Waals surface area (Å²) >= 11 is 2.02. The normalized spacial score (nSPS) is 19.7. The van der Waals surface area contributed by atoms with Gasteiger partial charge in [-0.15, -0.1) is 0 Å². The van der Waals surface area contributed by atoms with Crippen LogP contribution in [-0.2, 0) is 0 Å². The van der Waals surface area contributed by atoms with E-state index in [0.717, 1.165) is 30.3 Å². The van der Waals surface area contributed by atoms with Crippen molar-refractivity contribution < 1.29 is 0 Å². The summed E-state index contributed by atoms with van der Waals surface area (Å²) in [5, 5.41) is 3.90. The molecule has 106 valence electrons. The molecule has 0 spiro atoms. The molecule has 1 N–H and O–H groups in total. The Morgan fingerprint density at radius 1 is 1.37 bits per heavy atom. The van der Waals surface area contributed by atoms with Gasteiger partial charge in [0.15, 0.2) is 0 Å². The summed E-state index contributed by atoms with van der Waals surface area (Å²) in [7, 11) is 0. The molecular formula is C15H25N3S. The Bertz CT molecular complexity index is 400. The van der Waals surface area contributed by atoms with E-state index in [1.165, 1.54) is 25.0 Å². The lowest BCUT2D eigenvalue weighted by molar-refractivity contribution is 0.654. The van der Waals surface area contributed by atoms with Gasteiger partial charge in [0.2, 0.25) is 0 Å². The molecule has 1 aliphatic heterocycles. The third-order valence-corrected chi connectivity index (χ3v) is 4.75. The van der Waals surface area contributed by atoms with E-state index >= 15 is 0 Å². The highest BCUT2D eigenvalue weighted by molar-refractivity contribution is 7.99. The molecule has 3 nitrogen and oxygen atoms in total. The lowest BCUT2D eigenvalue weighted by Gasteiger charge is -2.21. The lowest BCUT2D eigenvalue weighted by atomic mass is 10.1. The van der Waals surface area contributed by atoms with Crippen molar-refractivity contribution in [3.63, 3.8) is 0 Å². The van der Waals surface area contributed by atoms with Crippen molar-refractivity contribution in [3.05, 3.63) is 17.6 Å². The zero-order chi connectivity index (χ0) is 13.7. The first-order valence-electron chi connectivity index (χ1n) is 7.45. The van der Waals surface area contributed by atoms with Crippen LogP contribution >= 0.6 is 11.8 Å². The predicted molar refractivity (Wildman–Crippen MR) is 84.0 cm³/mol. The molecule has 1 fully saturated rings. The number of aromatic nitrogens is 2. The Balaban J connectivity index is 2.22. The standard InChI is InChI=1S/C15H25N3S/c1-4-8-16-14-10-12(11(2)3)17-15(18-14)13-7-5-6-9-19-13/h10-11,13H,4-9H2,1-3H3,(H,16,17,18). The Morgan fingerprint density at radius 3 is 2.84 bits per heavy atom. The van der Waals surface area contributed by atoms with Gasteiger partial charge in [-0.3, -0.25) is 0 Å². The Morgan fingerprint density at radius 2 is 2.21 bits per heavy atom. The number of hydrogen-bond acceptors (Lipinski definition) is 4. The van der Waals surface area contributed by atoms with Crippen molar-refractivity contribution in [3.8, 4) is 0 Å². The Hall–Kier alpha value is -0.770. The molecule has 19 heavy (non-hydrogen) atoms. The fourth-order valence-electron chi connectivity index (χ4n) is 2.21. The highest BCUT2D eigenvalue weighted by atomic mass is 32.2. The van der Waals surface area contributed by atoms with Crippen LogP contribution in [0.1, 0.15) is 69.1 Å². The van der Waals surface area contributed by atoms with Gasteiger partial charge in [-0.25, -0.2) is 9.97 Å². The average Bonchev–Trinajstić information content (AvgIpc) is 2.45. The molecular weight excluding hydrogens is 254 g/mol. The van der Waals surface area contributed by atoms with Gasteiger partial charge in [0.25, 0.3) is 0 Å². The predicted octanol–water partition coefficient (Wildman–Crippen LogP) is 4.38. The van der Waals surface area contributed by atoms with E-state index in [2.05, 4.69) is 32.2 Å². The monoisotopic (exact) mass is 279 g/mol. The molecule has 0 aliphatic carbocycles.